The Hall–Kier alpha value is -2.09. The molecular formula is C15H14NO. The van der Waals surface area contributed by atoms with Crippen molar-refractivity contribution < 1.29 is 4.79 Å². The van der Waals surface area contributed by atoms with E-state index in [4.69, 9.17) is 0 Å². The number of carbonyl (C=O) groups excluding carboxylic acids is 1. The van der Waals surface area contributed by atoms with Gasteiger partial charge in [0.15, 0.2) is 6.29 Å². The van der Waals surface area contributed by atoms with E-state index in [1.54, 1.807) is 0 Å². The molecule has 2 aromatic carbocycles. The van der Waals surface area contributed by atoms with Crippen LogP contribution >= 0.6 is 0 Å². The van der Waals surface area contributed by atoms with Crippen LogP contribution in [0.4, 0.5) is 11.4 Å². The van der Waals surface area contributed by atoms with E-state index in [0.717, 1.165) is 11.4 Å². The first-order valence-corrected chi connectivity index (χ1v) is 5.64. The van der Waals surface area contributed by atoms with Crippen LogP contribution in [0, 0.1) is 0 Å². The summed E-state index contributed by atoms with van der Waals surface area (Å²) in [5.74, 6) is 0. The molecule has 0 aliphatic rings. The number of anilines is 2. The monoisotopic (exact) mass is 224 g/mol. The number of hydrogen-bond donors (Lipinski definition) is 0. The average Bonchev–Trinajstić information content (AvgIpc) is 2.42. The number of benzene rings is 2. The molecule has 2 heteroatoms. The van der Waals surface area contributed by atoms with Gasteiger partial charge in [0, 0.05) is 24.3 Å². The molecule has 0 amide bonds. The number of rotatable bonds is 5. The minimum absolute atomic E-state index is 0.407. The zero-order chi connectivity index (χ0) is 11.9. The Bertz CT molecular complexity index is 413. The maximum atomic E-state index is 10.4. The zero-order valence-corrected chi connectivity index (χ0v) is 9.54. The molecule has 0 N–H and O–H groups in total. The molecular weight excluding hydrogens is 210 g/mol. The van der Waals surface area contributed by atoms with Crippen molar-refractivity contribution in [3.05, 3.63) is 60.7 Å². The predicted octanol–water partition coefficient (Wildman–Crippen LogP) is 3.32. The van der Waals surface area contributed by atoms with E-state index >= 15 is 0 Å². The lowest BCUT2D eigenvalue weighted by Gasteiger charge is -2.24. The molecule has 1 radical (unpaired) electrons. The first-order chi connectivity index (χ1) is 8.42. The minimum atomic E-state index is 0.407. The molecule has 85 valence electrons. The molecule has 0 bridgehead atoms. The van der Waals surface area contributed by atoms with Crippen molar-refractivity contribution in [2.24, 2.45) is 0 Å². The van der Waals surface area contributed by atoms with Crippen molar-refractivity contribution >= 4 is 17.7 Å². The summed E-state index contributed by atoms with van der Waals surface area (Å²) in [5.41, 5.74) is 2.18. The molecule has 0 saturated heterocycles. The van der Waals surface area contributed by atoms with E-state index in [9.17, 15) is 4.79 Å². The highest BCUT2D eigenvalue weighted by Crippen LogP contribution is 2.24. The highest BCUT2D eigenvalue weighted by Gasteiger charge is 2.07. The van der Waals surface area contributed by atoms with E-state index < -0.39 is 0 Å². The number of nitrogens with zero attached hydrogens (tertiary/aromatic N) is 1. The van der Waals surface area contributed by atoms with Crippen LogP contribution < -0.4 is 4.90 Å². The fourth-order valence-electron chi connectivity index (χ4n) is 1.78. The normalized spacial score (nSPS) is 9.88. The van der Waals surface area contributed by atoms with Crippen LogP contribution in [0.3, 0.4) is 0 Å². The summed E-state index contributed by atoms with van der Waals surface area (Å²) in [7, 11) is 0. The minimum Gasteiger partial charge on any atom is -0.341 e. The molecule has 0 aliphatic heterocycles. The van der Waals surface area contributed by atoms with Crippen molar-refractivity contribution in [2.45, 2.75) is 6.42 Å². The largest absolute Gasteiger partial charge is 0.341 e. The SMILES string of the molecule is O=[C]CCN(c1ccccc1)c1ccccc1. The lowest BCUT2D eigenvalue weighted by atomic mass is 10.2. The molecule has 0 aromatic heterocycles. The molecule has 0 atom stereocenters. The molecule has 0 fully saturated rings. The molecule has 0 aliphatic carbocycles. The number of para-hydroxylation sites is 2. The molecule has 2 rings (SSSR count). The fraction of sp³-hybridized carbons (Fsp3) is 0.133. The zero-order valence-electron chi connectivity index (χ0n) is 9.54. The molecule has 0 unspecified atom stereocenters. The van der Waals surface area contributed by atoms with Crippen LogP contribution in [-0.2, 0) is 4.79 Å². The quantitative estimate of drug-likeness (QED) is 0.776. The van der Waals surface area contributed by atoms with Gasteiger partial charge in [-0.05, 0) is 24.3 Å². The maximum absolute atomic E-state index is 10.4. The van der Waals surface area contributed by atoms with Gasteiger partial charge >= 0.3 is 0 Å². The van der Waals surface area contributed by atoms with E-state index in [1.165, 1.54) is 0 Å². The Morgan fingerprint density at radius 3 is 1.71 bits per heavy atom. The second-order valence-corrected chi connectivity index (χ2v) is 3.72. The Kier molecular flexibility index (Phi) is 3.92. The van der Waals surface area contributed by atoms with Gasteiger partial charge in [-0.1, -0.05) is 36.4 Å². The molecule has 2 aromatic rings. The Morgan fingerprint density at radius 2 is 1.29 bits per heavy atom. The smallest absolute Gasteiger partial charge is 0.200 e. The Labute approximate surface area is 102 Å². The van der Waals surface area contributed by atoms with E-state index in [0.29, 0.717) is 13.0 Å². The molecule has 0 saturated carbocycles. The van der Waals surface area contributed by atoms with Crippen LogP contribution in [0.25, 0.3) is 0 Å². The van der Waals surface area contributed by atoms with Crippen LogP contribution in [-0.4, -0.2) is 12.8 Å². The Balaban J connectivity index is 2.29. The van der Waals surface area contributed by atoms with Gasteiger partial charge in [0.1, 0.15) is 0 Å². The summed E-state index contributed by atoms with van der Waals surface area (Å²) < 4.78 is 0. The predicted molar refractivity (Wildman–Crippen MR) is 70.2 cm³/mol. The van der Waals surface area contributed by atoms with Gasteiger partial charge in [0.25, 0.3) is 0 Å². The van der Waals surface area contributed by atoms with Crippen molar-refractivity contribution in [3.8, 4) is 0 Å². The highest BCUT2D eigenvalue weighted by molar-refractivity contribution is 5.64. The van der Waals surface area contributed by atoms with Crippen LogP contribution in [0.1, 0.15) is 6.42 Å². The summed E-state index contributed by atoms with van der Waals surface area (Å²) >= 11 is 0. The Morgan fingerprint density at radius 1 is 0.824 bits per heavy atom. The topological polar surface area (TPSA) is 20.3 Å². The van der Waals surface area contributed by atoms with Crippen LogP contribution in [0.15, 0.2) is 60.7 Å². The summed E-state index contributed by atoms with van der Waals surface area (Å²) in [6.07, 6.45) is 2.35. The second-order valence-electron chi connectivity index (χ2n) is 3.72. The third-order valence-corrected chi connectivity index (χ3v) is 2.57. The number of hydrogen-bond acceptors (Lipinski definition) is 2. The van der Waals surface area contributed by atoms with E-state index in [1.807, 2.05) is 66.9 Å². The van der Waals surface area contributed by atoms with Gasteiger partial charge in [-0.15, -0.1) is 0 Å². The third-order valence-electron chi connectivity index (χ3n) is 2.57. The summed E-state index contributed by atoms with van der Waals surface area (Å²) in [6, 6.07) is 20.1. The first kappa shape index (κ1) is 11.4. The molecule has 0 heterocycles. The van der Waals surface area contributed by atoms with Crippen LogP contribution in [0.5, 0.6) is 0 Å². The average molecular weight is 224 g/mol. The maximum Gasteiger partial charge on any atom is 0.200 e. The third kappa shape index (κ3) is 2.94. The highest BCUT2D eigenvalue weighted by atomic mass is 16.1. The summed E-state index contributed by atoms with van der Waals surface area (Å²) in [4.78, 5) is 12.5. The van der Waals surface area contributed by atoms with Gasteiger partial charge in [-0.2, -0.15) is 0 Å². The first-order valence-electron chi connectivity index (χ1n) is 5.64. The van der Waals surface area contributed by atoms with Crippen molar-refractivity contribution in [3.63, 3.8) is 0 Å². The summed E-state index contributed by atoms with van der Waals surface area (Å²) in [5, 5.41) is 0. The second kappa shape index (κ2) is 5.85. The molecule has 17 heavy (non-hydrogen) atoms. The lowest BCUT2D eigenvalue weighted by Crippen LogP contribution is -2.18. The van der Waals surface area contributed by atoms with Crippen molar-refractivity contribution in [2.75, 3.05) is 11.4 Å². The molecule has 0 spiro atoms. The van der Waals surface area contributed by atoms with Gasteiger partial charge in [0.05, 0.1) is 0 Å². The molecule has 2 nitrogen and oxygen atoms in total. The summed E-state index contributed by atoms with van der Waals surface area (Å²) in [6.45, 7) is 0.650. The fourth-order valence-corrected chi connectivity index (χ4v) is 1.78. The van der Waals surface area contributed by atoms with Crippen molar-refractivity contribution in [1.82, 2.24) is 0 Å². The van der Waals surface area contributed by atoms with Gasteiger partial charge in [-0.3, -0.25) is 4.79 Å². The van der Waals surface area contributed by atoms with Crippen molar-refractivity contribution in [1.29, 1.82) is 0 Å². The van der Waals surface area contributed by atoms with Crippen LogP contribution in [0.2, 0.25) is 0 Å². The van der Waals surface area contributed by atoms with Gasteiger partial charge in [-0.25, -0.2) is 0 Å². The standard InChI is InChI=1S/C15H14NO/c17-13-7-12-16(14-8-3-1-4-9-14)15-10-5-2-6-11-15/h1-6,8-11H,7,12H2. The van der Waals surface area contributed by atoms with Gasteiger partial charge < -0.3 is 4.90 Å². The van der Waals surface area contributed by atoms with Gasteiger partial charge in [0.2, 0.25) is 0 Å². The van der Waals surface area contributed by atoms with E-state index in [2.05, 4.69) is 4.90 Å². The van der Waals surface area contributed by atoms with E-state index in [-0.39, 0.29) is 0 Å². The lowest BCUT2D eigenvalue weighted by molar-refractivity contribution is 0.551.